The van der Waals surface area contributed by atoms with Crippen molar-refractivity contribution in [3.05, 3.63) is 0 Å². The third-order valence-electron chi connectivity index (χ3n) is 2.61. The van der Waals surface area contributed by atoms with Crippen molar-refractivity contribution in [3.8, 4) is 0 Å². The average Bonchev–Trinajstić information content (AvgIpc) is 2.24. The standard InChI is InChI=1S/C7H12N2/c1-4-5-2-6(8)7(3-5)9-4/h4-5,7-9H,2-3H2,1H3. The highest BCUT2D eigenvalue weighted by molar-refractivity contribution is 5.90. The van der Waals surface area contributed by atoms with Crippen molar-refractivity contribution in [2.45, 2.75) is 31.8 Å². The van der Waals surface area contributed by atoms with Gasteiger partial charge >= 0.3 is 0 Å². The molecule has 2 nitrogen and oxygen atoms in total. The molecule has 3 unspecified atom stereocenters. The van der Waals surface area contributed by atoms with Crippen LogP contribution >= 0.6 is 0 Å². The Bertz CT molecular complexity index is 151. The van der Waals surface area contributed by atoms with E-state index in [4.69, 9.17) is 5.41 Å². The first-order chi connectivity index (χ1) is 4.27. The lowest BCUT2D eigenvalue weighted by Gasteiger charge is -2.18. The smallest absolute Gasteiger partial charge is 0.0453 e. The monoisotopic (exact) mass is 124 g/mol. The van der Waals surface area contributed by atoms with Crippen LogP contribution in [0.1, 0.15) is 19.8 Å². The summed E-state index contributed by atoms with van der Waals surface area (Å²) in [5, 5.41) is 10.8. The van der Waals surface area contributed by atoms with Gasteiger partial charge in [0.25, 0.3) is 0 Å². The topological polar surface area (TPSA) is 35.9 Å². The number of nitrogens with one attached hydrogen (secondary N) is 2. The molecule has 0 aromatic heterocycles. The van der Waals surface area contributed by atoms with Gasteiger partial charge in [0, 0.05) is 17.8 Å². The lowest BCUT2D eigenvalue weighted by atomic mass is 10.0. The molecule has 0 amide bonds. The molecule has 2 rings (SSSR count). The van der Waals surface area contributed by atoms with Crippen molar-refractivity contribution in [2.75, 3.05) is 0 Å². The third kappa shape index (κ3) is 0.628. The van der Waals surface area contributed by atoms with E-state index in [1.165, 1.54) is 6.42 Å². The van der Waals surface area contributed by atoms with E-state index in [1.807, 2.05) is 0 Å². The first-order valence-corrected chi connectivity index (χ1v) is 3.61. The van der Waals surface area contributed by atoms with Crippen LogP contribution in [0.3, 0.4) is 0 Å². The largest absolute Gasteiger partial charge is 0.308 e. The van der Waals surface area contributed by atoms with Gasteiger partial charge in [-0.2, -0.15) is 0 Å². The summed E-state index contributed by atoms with van der Waals surface area (Å²) in [4.78, 5) is 0. The van der Waals surface area contributed by atoms with Gasteiger partial charge in [0.2, 0.25) is 0 Å². The number of hydrogen-bond donors (Lipinski definition) is 2. The molecule has 3 atom stereocenters. The lowest BCUT2D eigenvalue weighted by Crippen LogP contribution is -2.38. The Labute approximate surface area is 55.2 Å². The van der Waals surface area contributed by atoms with Crippen LogP contribution in [-0.2, 0) is 0 Å². The molecule has 1 aliphatic carbocycles. The molecule has 1 aliphatic heterocycles. The van der Waals surface area contributed by atoms with Crippen molar-refractivity contribution >= 4 is 5.71 Å². The zero-order chi connectivity index (χ0) is 6.43. The highest BCUT2D eigenvalue weighted by Gasteiger charge is 2.39. The van der Waals surface area contributed by atoms with Gasteiger partial charge in [-0.05, 0) is 25.7 Å². The van der Waals surface area contributed by atoms with Gasteiger partial charge in [0.1, 0.15) is 0 Å². The normalized spacial score (nSPS) is 48.6. The van der Waals surface area contributed by atoms with Crippen molar-refractivity contribution in [1.29, 1.82) is 5.41 Å². The quantitative estimate of drug-likeness (QED) is 0.491. The predicted octanol–water partition coefficient (Wildman–Crippen LogP) is 0.776. The van der Waals surface area contributed by atoms with E-state index in [0.29, 0.717) is 12.1 Å². The van der Waals surface area contributed by atoms with Gasteiger partial charge in [0.05, 0.1) is 0 Å². The maximum absolute atomic E-state index is 7.46. The Kier molecular flexibility index (Phi) is 0.943. The minimum atomic E-state index is 0.449. The summed E-state index contributed by atoms with van der Waals surface area (Å²) in [6.07, 6.45) is 2.28. The summed E-state index contributed by atoms with van der Waals surface area (Å²) in [5.74, 6) is 0.780. The summed E-state index contributed by atoms with van der Waals surface area (Å²) < 4.78 is 0. The van der Waals surface area contributed by atoms with Crippen LogP contribution in [0.4, 0.5) is 0 Å². The van der Waals surface area contributed by atoms with Gasteiger partial charge in [-0.3, -0.25) is 0 Å². The maximum atomic E-state index is 7.46. The van der Waals surface area contributed by atoms with Gasteiger partial charge in [-0.25, -0.2) is 0 Å². The summed E-state index contributed by atoms with van der Waals surface area (Å²) in [6.45, 7) is 2.22. The van der Waals surface area contributed by atoms with E-state index in [0.717, 1.165) is 18.1 Å². The van der Waals surface area contributed by atoms with E-state index in [9.17, 15) is 0 Å². The van der Waals surface area contributed by atoms with Crippen molar-refractivity contribution in [2.24, 2.45) is 5.92 Å². The molecule has 2 fully saturated rings. The van der Waals surface area contributed by atoms with Crippen molar-refractivity contribution < 1.29 is 0 Å². The lowest BCUT2D eigenvalue weighted by molar-refractivity contribution is 0.482. The average molecular weight is 124 g/mol. The molecule has 50 valence electrons. The molecule has 2 bridgehead atoms. The highest BCUT2D eigenvalue weighted by atomic mass is 15.0. The Balaban J connectivity index is 2.19. The molecular formula is C7H12N2. The summed E-state index contributed by atoms with van der Waals surface area (Å²) in [7, 11) is 0. The fourth-order valence-corrected chi connectivity index (χ4v) is 1.96. The Morgan fingerprint density at radius 1 is 1.67 bits per heavy atom. The molecule has 1 heterocycles. The molecule has 1 saturated heterocycles. The molecule has 0 radical (unpaired) electrons. The fourth-order valence-electron chi connectivity index (χ4n) is 1.96. The molecule has 2 heteroatoms. The molecule has 2 N–H and O–H groups in total. The minimum absolute atomic E-state index is 0.449. The van der Waals surface area contributed by atoms with Crippen molar-refractivity contribution in [3.63, 3.8) is 0 Å². The molecule has 9 heavy (non-hydrogen) atoms. The van der Waals surface area contributed by atoms with Crippen LogP contribution < -0.4 is 5.32 Å². The fraction of sp³-hybridized carbons (Fsp3) is 0.857. The number of hydrogen-bond acceptors (Lipinski definition) is 2. The molecular weight excluding hydrogens is 112 g/mol. The molecule has 0 aromatic carbocycles. The van der Waals surface area contributed by atoms with Crippen LogP contribution in [-0.4, -0.2) is 17.8 Å². The van der Waals surface area contributed by atoms with E-state index in [1.54, 1.807) is 0 Å². The van der Waals surface area contributed by atoms with Crippen LogP contribution in [0.2, 0.25) is 0 Å². The second kappa shape index (κ2) is 1.57. The van der Waals surface area contributed by atoms with E-state index in [-0.39, 0.29) is 0 Å². The summed E-state index contributed by atoms with van der Waals surface area (Å²) in [5.41, 5.74) is 0.929. The zero-order valence-electron chi connectivity index (χ0n) is 5.65. The number of piperidine rings is 1. The van der Waals surface area contributed by atoms with Crippen LogP contribution in [0, 0.1) is 11.3 Å². The zero-order valence-corrected chi connectivity index (χ0v) is 5.65. The SMILES string of the molecule is CC1NC2CC1CC2=N. The number of rotatable bonds is 0. The summed E-state index contributed by atoms with van der Waals surface area (Å²) in [6, 6.07) is 1.12. The Morgan fingerprint density at radius 2 is 2.44 bits per heavy atom. The van der Waals surface area contributed by atoms with E-state index < -0.39 is 0 Å². The maximum Gasteiger partial charge on any atom is 0.0453 e. The molecule has 0 spiro atoms. The van der Waals surface area contributed by atoms with Crippen molar-refractivity contribution in [1.82, 2.24) is 5.32 Å². The third-order valence-corrected chi connectivity index (χ3v) is 2.61. The second-order valence-electron chi connectivity index (χ2n) is 3.23. The van der Waals surface area contributed by atoms with Crippen LogP contribution in [0.5, 0.6) is 0 Å². The Morgan fingerprint density at radius 3 is 2.78 bits per heavy atom. The van der Waals surface area contributed by atoms with Crippen LogP contribution in [0.15, 0.2) is 0 Å². The Hall–Kier alpha value is -0.370. The first-order valence-electron chi connectivity index (χ1n) is 3.61. The van der Waals surface area contributed by atoms with Crippen LogP contribution in [0.25, 0.3) is 0 Å². The van der Waals surface area contributed by atoms with Gasteiger partial charge < -0.3 is 10.7 Å². The highest BCUT2D eigenvalue weighted by Crippen LogP contribution is 2.32. The van der Waals surface area contributed by atoms with Gasteiger partial charge in [0.15, 0.2) is 0 Å². The van der Waals surface area contributed by atoms with E-state index >= 15 is 0 Å². The molecule has 1 saturated carbocycles. The number of fused-ring (bicyclic) bond motifs is 2. The van der Waals surface area contributed by atoms with Gasteiger partial charge in [-0.1, -0.05) is 0 Å². The summed E-state index contributed by atoms with van der Waals surface area (Å²) >= 11 is 0. The second-order valence-corrected chi connectivity index (χ2v) is 3.23. The predicted molar refractivity (Wildman–Crippen MR) is 36.8 cm³/mol. The molecule has 0 aromatic rings. The van der Waals surface area contributed by atoms with Gasteiger partial charge in [-0.15, -0.1) is 0 Å². The van der Waals surface area contributed by atoms with E-state index in [2.05, 4.69) is 12.2 Å². The first kappa shape index (κ1) is 5.42. The molecule has 2 aliphatic rings. The minimum Gasteiger partial charge on any atom is -0.308 e.